The number of benzene rings is 2. The minimum absolute atomic E-state index is 0.244. The Bertz CT molecular complexity index is 1330. The van der Waals surface area contributed by atoms with Gasteiger partial charge in [0.2, 0.25) is 11.9 Å². The summed E-state index contributed by atoms with van der Waals surface area (Å²) in [5.41, 5.74) is 1.08. The number of likely N-dealkylation sites (N-methyl/N-ethyl adjacent to an activating group) is 1. The number of halogens is 1. The zero-order chi connectivity index (χ0) is 21.5. The van der Waals surface area contributed by atoms with E-state index in [9.17, 15) is 14.0 Å². The molecule has 0 radical (unpaired) electrons. The van der Waals surface area contributed by atoms with Gasteiger partial charge in [-0.15, -0.1) is 0 Å². The third-order valence-corrected chi connectivity index (χ3v) is 5.55. The fourth-order valence-electron chi connectivity index (χ4n) is 3.91. The summed E-state index contributed by atoms with van der Waals surface area (Å²) in [6.07, 6.45) is 1.95. The molecular weight excluding hydrogens is 399 g/mol. The summed E-state index contributed by atoms with van der Waals surface area (Å²) in [5.74, 6) is -0.435. The first-order chi connectivity index (χ1) is 15.0. The van der Waals surface area contributed by atoms with Gasteiger partial charge in [-0.1, -0.05) is 30.3 Å². The van der Waals surface area contributed by atoms with Crippen LogP contribution in [-0.2, 0) is 4.79 Å². The summed E-state index contributed by atoms with van der Waals surface area (Å²) < 4.78 is 15.8. The molecular formula is C22H19FN6O2. The number of amides is 1. The van der Waals surface area contributed by atoms with Crippen LogP contribution in [0.25, 0.3) is 16.7 Å². The van der Waals surface area contributed by atoms with Crippen LogP contribution in [-0.4, -0.2) is 45.3 Å². The fraction of sp³-hybridized carbons (Fsp3) is 0.182. The summed E-state index contributed by atoms with van der Waals surface area (Å²) in [7, 11) is 1.70. The number of fused-ring (bicyclic) bond motifs is 1. The SMILES string of the molecule is CN(c1nc2c(cnn2-c2ccccc2)c(=O)[nH]1)C1CCN(c2ccccc2F)C1=O. The Labute approximate surface area is 176 Å². The van der Waals surface area contributed by atoms with E-state index in [0.717, 1.165) is 5.69 Å². The lowest BCUT2D eigenvalue weighted by Gasteiger charge is -2.24. The third kappa shape index (κ3) is 3.14. The van der Waals surface area contributed by atoms with Gasteiger partial charge in [0.15, 0.2) is 5.65 Å². The van der Waals surface area contributed by atoms with Gasteiger partial charge in [-0.2, -0.15) is 10.1 Å². The standard InChI is InChI=1S/C22H19FN6O2/c1-27(18-11-12-28(21(18)31)17-10-6-5-9-16(17)23)22-25-19-15(20(30)26-22)13-24-29(19)14-7-3-2-4-8-14/h2-10,13,18H,11-12H2,1H3,(H,25,26,30). The molecule has 2 aromatic carbocycles. The summed E-state index contributed by atoms with van der Waals surface area (Å²) in [6.45, 7) is 0.378. The van der Waals surface area contributed by atoms with E-state index < -0.39 is 11.9 Å². The molecule has 4 aromatic rings. The maximum absolute atomic E-state index is 14.2. The first-order valence-electron chi connectivity index (χ1n) is 9.87. The Kier molecular flexibility index (Phi) is 4.50. The number of nitrogens with zero attached hydrogens (tertiary/aromatic N) is 5. The molecule has 1 amide bonds. The van der Waals surface area contributed by atoms with Crippen LogP contribution in [0.2, 0.25) is 0 Å². The van der Waals surface area contributed by atoms with Gasteiger partial charge >= 0.3 is 0 Å². The molecule has 2 aromatic heterocycles. The number of aromatic nitrogens is 4. The smallest absolute Gasteiger partial charge is 0.263 e. The monoisotopic (exact) mass is 418 g/mol. The number of nitrogens with one attached hydrogen (secondary N) is 1. The second kappa shape index (κ2) is 7.35. The molecule has 1 saturated heterocycles. The van der Waals surface area contributed by atoms with E-state index in [1.165, 1.54) is 17.2 Å². The Balaban J connectivity index is 1.50. The highest BCUT2D eigenvalue weighted by molar-refractivity contribution is 6.01. The highest BCUT2D eigenvalue weighted by atomic mass is 19.1. The minimum Gasteiger partial charge on any atom is -0.333 e. The van der Waals surface area contributed by atoms with Crippen molar-refractivity contribution in [1.82, 2.24) is 19.7 Å². The van der Waals surface area contributed by atoms with Crippen LogP contribution in [0.15, 0.2) is 65.6 Å². The highest BCUT2D eigenvalue weighted by Gasteiger charge is 2.37. The van der Waals surface area contributed by atoms with Crippen molar-refractivity contribution in [2.24, 2.45) is 0 Å². The molecule has 1 unspecified atom stereocenters. The summed E-state index contributed by atoms with van der Waals surface area (Å²) >= 11 is 0. The lowest BCUT2D eigenvalue weighted by atomic mass is 10.2. The van der Waals surface area contributed by atoms with Gasteiger partial charge in [-0.05, 0) is 30.7 Å². The van der Waals surface area contributed by atoms with Crippen molar-refractivity contribution >= 4 is 28.6 Å². The molecule has 1 aliphatic heterocycles. The van der Waals surface area contributed by atoms with Gasteiger partial charge in [0.05, 0.1) is 17.6 Å². The molecule has 0 aliphatic carbocycles. The van der Waals surface area contributed by atoms with Crippen LogP contribution in [0.3, 0.4) is 0 Å². The van der Waals surface area contributed by atoms with Gasteiger partial charge in [-0.25, -0.2) is 9.07 Å². The average molecular weight is 418 g/mol. The van der Waals surface area contributed by atoms with Gasteiger partial charge in [0.1, 0.15) is 17.2 Å². The van der Waals surface area contributed by atoms with Crippen LogP contribution in [0.5, 0.6) is 0 Å². The molecule has 156 valence electrons. The number of carbonyl (C=O) groups excluding carboxylic acids is 1. The topological polar surface area (TPSA) is 87.1 Å². The molecule has 3 heterocycles. The molecule has 0 spiro atoms. The van der Waals surface area contributed by atoms with Crippen molar-refractivity contribution in [3.8, 4) is 5.69 Å². The van der Waals surface area contributed by atoms with Gasteiger partial charge in [0.25, 0.3) is 5.56 Å². The zero-order valence-electron chi connectivity index (χ0n) is 16.7. The number of H-pyrrole nitrogens is 1. The van der Waals surface area contributed by atoms with Crippen LogP contribution in [0, 0.1) is 5.82 Å². The number of anilines is 2. The molecule has 9 heteroatoms. The van der Waals surface area contributed by atoms with Gasteiger partial charge in [0, 0.05) is 13.6 Å². The number of para-hydroxylation sites is 2. The number of rotatable bonds is 4. The molecule has 1 fully saturated rings. The van der Waals surface area contributed by atoms with E-state index in [1.54, 1.807) is 34.8 Å². The summed E-state index contributed by atoms with van der Waals surface area (Å²) in [4.78, 5) is 36.1. The third-order valence-electron chi connectivity index (χ3n) is 5.55. The maximum Gasteiger partial charge on any atom is 0.263 e. The van der Waals surface area contributed by atoms with Crippen molar-refractivity contribution in [3.05, 3.63) is 77.0 Å². The van der Waals surface area contributed by atoms with Crippen LogP contribution < -0.4 is 15.4 Å². The van der Waals surface area contributed by atoms with Crippen molar-refractivity contribution < 1.29 is 9.18 Å². The van der Waals surface area contributed by atoms with E-state index in [4.69, 9.17) is 0 Å². The normalized spacial score (nSPS) is 16.3. The van der Waals surface area contributed by atoms with Gasteiger partial charge < -0.3 is 9.80 Å². The highest BCUT2D eigenvalue weighted by Crippen LogP contribution is 2.27. The molecule has 8 nitrogen and oxygen atoms in total. The quantitative estimate of drug-likeness (QED) is 0.550. The number of carbonyl (C=O) groups is 1. The summed E-state index contributed by atoms with van der Waals surface area (Å²) in [5, 5.41) is 4.65. The molecule has 1 aliphatic rings. The van der Waals surface area contributed by atoms with Crippen molar-refractivity contribution in [2.45, 2.75) is 12.5 Å². The van der Waals surface area contributed by atoms with Crippen molar-refractivity contribution in [2.75, 3.05) is 23.4 Å². The zero-order valence-corrected chi connectivity index (χ0v) is 16.7. The lowest BCUT2D eigenvalue weighted by Crippen LogP contribution is -2.41. The molecule has 5 rings (SSSR count). The first kappa shape index (κ1) is 19.0. The fourth-order valence-corrected chi connectivity index (χ4v) is 3.91. The second-order valence-electron chi connectivity index (χ2n) is 7.38. The van der Waals surface area contributed by atoms with Crippen molar-refractivity contribution in [3.63, 3.8) is 0 Å². The Morgan fingerprint density at radius 1 is 1.10 bits per heavy atom. The summed E-state index contributed by atoms with van der Waals surface area (Å²) in [6, 6.07) is 15.0. The maximum atomic E-state index is 14.2. The first-order valence-corrected chi connectivity index (χ1v) is 9.87. The largest absolute Gasteiger partial charge is 0.333 e. The molecule has 0 bridgehead atoms. The Morgan fingerprint density at radius 3 is 2.61 bits per heavy atom. The second-order valence-corrected chi connectivity index (χ2v) is 7.38. The molecule has 1 atom stereocenters. The van der Waals surface area contributed by atoms with Gasteiger partial charge in [-0.3, -0.25) is 14.6 Å². The Hall–Kier alpha value is -4.01. The molecule has 31 heavy (non-hydrogen) atoms. The lowest BCUT2D eigenvalue weighted by molar-refractivity contribution is -0.118. The van der Waals surface area contributed by atoms with E-state index in [-0.39, 0.29) is 23.1 Å². The number of aromatic amines is 1. The Morgan fingerprint density at radius 2 is 1.84 bits per heavy atom. The van der Waals surface area contributed by atoms with E-state index in [2.05, 4.69) is 15.1 Å². The van der Waals surface area contributed by atoms with E-state index in [0.29, 0.717) is 24.0 Å². The average Bonchev–Trinajstić information content (AvgIpc) is 3.38. The van der Waals surface area contributed by atoms with Crippen LogP contribution in [0.1, 0.15) is 6.42 Å². The predicted octanol–water partition coefficient (Wildman–Crippen LogP) is 2.49. The van der Waals surface area contributed by atoms with E-state index in [1.807, 2.05) is 30.3 Å². The van der Waals surface area contributed by atoms with Crippen LogP contribution in [0.4, 0.5) is 16.0 Å². The van der Waals surface area contributed by atoms with Crippen molar-refractivity contribution in [1.29, 1.82) is 0 Å². The minimum atomic E-state index is -0.576. The van der Waals surface area contributed by atoms with E-state index >= 15 is 0 Å². The number of hydrogen-bond donors (Lipinski definition) is 1. The predicted molar refractivity (Wildman–Crippen MR) is 115 cm³/mol. The van der Waals surface area contributed by atoms with Crippen LogP contribution >= 0.6 is 0 Å². The molecule has 1 N–H and O–H groups in total. The molecule has 0 saturated carbocycles. The number of hydrogen-bond acceptors (Lipinski definition) is 5.